The molecular weight excluding hydrogens is 300 g/mol. The van der Waals surface area contributed by atoms with E-state index in [1.165, 1.54) is 0 Å². The number of hydrogen-bond donors (Lipinski definition) is 1. The van der Waals surface area contributed by atoms with Gasteiger partial charge in [0.15, 0.2) is 5.78 Å². The van der Waals surface area contributed by atoms with E-state index in [2.05, 4.69) is 6.07 Å². The number of ether oxygens (including phenoxy) is 1. The van der Waals surface area contributed by atoms with Crippen LogP contribution in [0.2, 0.25) is 5.02 Å². The van der Waals surface area contributed by atoms with Gasteiger partial charge in [-0.1, -0.05) is 36.7 Å². The first-order valence-electron chi connectivity index (χ1n) is 7.11. The topological polar surface area (TPSA) is 76.1 Å². The number of halogens is 1. The second-order valence-corrected chi connectivity index (χ2v) is 6.13. The minimum atomic E-state index is -0.539. The van der Waals surface area contributed by atoms with Crippen molar-refractivity contribution in [3.8, 4) is 6.07 Å². The predicted molar refractivity (Wildman–Crippen MR) is 82.5 cm³/mol. The van der Waals surface area contributed by atoms with Gasteiger partial charge in [-0.05, 0) is 17.5 Å². The van der Waals surface area contributed by atoms with Gasteiger partial charge in [0.1, 0.15) is 17.4 Å². The summed E-state index contributed by atoms with van der Waals surface area (Å²) in [6.07, 6.45) is 1.09. The van der Waals surface area contributed by atoms with Gasteiger partial charge in [-0.15, -0.1) is 0 Å². The molecule has 0 saturated carbocycles. The van der Waals surface area contributed by atoms with Crippen LogP contribution >= 0.6 is 11.6 Å². The molecule has 0 bridgehead atoms. The fourth-order valence-corrected chi connectivity index (χ4v) is 3.36. The highest BCUT2D eigenvalue weighted by molar-refractivity contribution is 6.31. The van der Waals surface area contributed by atoms with Gasteiger partial charge in [-0.2, -0.15) is 5.26 Å². The maximum absolute atomic E-state index is 12.5. The number of allylic oxidation sites excluding steroid dienone is 3. The zero-order valence-corrected chi connectivity index (χ0v) is 12.9. The Kier molecular flexibility index (Phi) is 3.67. The molecule has 5 heteroatoms. The molecule has 0 aromatic heterocycles. The van der Waals surface area contributed by atoms with Crippen molar-refractivity contribution in [1.29, 1.82) is 5.26 Å². The van der Waals surface area contributed by atoms with Gasteiger partial charge in [0.25, 0.3) is 0 Å². The van der Waals surface area contributed by atoms with E-state index >= 15 is 0 Å². The van der Waals surface area contributed by atoms with Gasteiger partial charge in [0.05, 0.1) is 5.92 Å². The average molecular weight is 315 g/mol. The van der Waals surface area contributed by atoms with E-state index in [0.29, 0.717) is 34.8 Å². The molecule has 2 aliphatic rings. The molecule has 1 aliphatic heterocycles. The van der Waals surface area contributed by atoms with Crippen molar-refractivity contribution < 1.29 is 9.53 Å². The van der Waals surface area contributed by atoms with Crippen LogP contribution in [0.1, 0.15) is 31.2 Å². The largest absolute Gasteiger partial charge is 0.444 e. The SMILES string of the molecule is C[C@H]1CC(=O)C2=C(C1)OC(N)=C(C#N)[C@@H]2c1ccccc1Cl. The fourth-order valence-electron chi connectivity index (χ4n) is 3.11. The number of Topliss-reactive ketones (excluding diaryl/α,β-unsaturated/α-hetero) is 1. The number of ketones is 1. The smallest absolute Gasteiger partial charge is 0.205 e. The van der Waals surface area contributed by atoms with Gasteiger partial charge >= 0.3 is 0 Å². The highest BCUT2D eigenvalue weighted by atomic mass is 35.5. The van der Waals surface area contributed by atoms with E-state index in [0.717, 1.165) is 0 Å². The summed E-state index contributed by atoms with van der Waals surface area (Å²) in [5, 5.41) is 9.98. The summed E-state index contributed by atoms with van der Waals surface area (Å²) < 4.78 is 5.58. The second-order valence-electron chi connectivity index (χ2n) is 5.72. The van der Waals surface area contributed by atoms with Crippen LogP contribution in [0.5, 0.6) is 0 Å². The van der Waals surface area contributed by atoms with Gasteiger partial charge in [0, 0.05) is 23.4 Å². The van der Waals surface area contributed by atoms with Crippen molar-refractivity contribution >= 4 is 17.4 Å². The monoisotopic (exact) mass is 314 g/mol. The van der Waals surface area contributed by atoms with E-state index in [1.807, 2.05) is 25.1 Å². The van der Waals surface area contributed by atoms with Crippen LogP contribution in [-0.2, 0) is 9.53 Å². The minimum absolute atomic E-state index is 0.00100. The Balaban J connectivity index is 2.22. The van der Waals surface area contributed by atoms with E-state index in [1.54, 1.807) is 6.07 Å². The molecule has 22 heavy (non-hydrogen) atoms. The molecule has 2 N–H and O–H groups in total. The summed E-state index contributed by atoms with van der Waals surface area (Å²) in [6.45, 7) is 2.00. The van der Waals surface area contributed by atoms with E-state index in [4.69, 9.17) is 22.1 Å². The molecule has 112 valence electrons. The Labute approximate surface area is 133 Å². The van der Waals surface area contributed by atoms with Crippen LogP contribution in [0.4, 0.5) is 0 Å². The number of carbonyl (C=O) groups excluding carboxylic acids is 1. The molecule has 0 radical (unpaired) electrons. The second kappa shape index (κ2) is 5.51. The third-order valence-corrected chi connectivity index (χ3v) is 4.43. The van der Waals surface area contributed by atoms with Crippen LogP contribution < -0.4 is 5.73 Å². The molecule has 4 nitrogen and oxygen atoms in total. The molecule has 0 spiro atoms. The Morgan fingerprint density at radius 3 is 2.77 bits per heavy atom. The number of nitriles is 1. The molecule has 1 heterocycles. The quantitative estimate of drug-likeness (QED) is 0.862. The Morgan fingerprint density at radius 1 is 1.36 bits per heavy atom. The van der Waals surface area contributed by atoms with Crippen LogP contribution in [0.15, 0.2) is 47.1 Å². The molecular formula is C17H15ClN2O2. The van der Waals surface area contributed by atoms with Crippen molar-refractivity contribution in [2.24, 2.45) is 11.7 Å². The maximum atomic E-state index is 12.5. The van der Waals surface area contributed by atoms with Crippen molar-refractivity contribution in [1.82, 2.24) is 0 Å². The molecule has 1 aromatic rings. The van der Waals surface area contributed by atoms with Crippen LogP contribution in [-0.4, -0.2) is 5.78 Å². The van der Waals surface area contributed by atoms with Gasteiger partial charge in [0.2, 0.25) is 5.88 Å². The first-order chi connectivity index (χ1) is 10.5. The lowest BCUT2D eigenvalue weighted by atomic mass is 9.75. The van der Waals surface area contributed by atoms with Gasteiger partial charge < -0.3 is 10.5 Å². The number of benzene rings is 1. The van der Waals surface area contributed by atoms with E-state index in [-0.39, 0.29) is 23.2 Å². The number of rotatable bonds is 1. The van der Waals surface area contributed by atoms with Crippen molar-refractivity contribution in [2.45, 2.75) is 25.7 Å². The van der Waals surface area contributed by atoms with Crippen LogP contribution in [0, 0.1) is 17.2 Å². The predicted octanol–water partition coefficient (Wildman–Crippen LogP) is 3.40. The van der Waals surface area contributed by atoms with Crippen LogP contribution in [0.25, 0.3) is 0 Å². The zero-order valence-electron chi connectivity index (χ0n) is 12.1. The summed E-state index contributed by atoms with van der Waals surface area (Å²) in [5.41, 5.74) is 7.39. The van der Waals surface area contributed by atoms with Crippen LogP contribution in [0.3, 0.4) is 0 Å². The summed E-state index contributed by atoms with van der Waals surface area (Å²) in [4.78, 5) is 12.5. The number of carbonyl (C=O) groups is 1. The molecule has 0 saturated heterocycles. The Bertz CT molecular complexity index is 758. The summed E-state index contributed by atoms with van der Waals surface area (Å²) in [7, 11) is 0. The third-order valence-electron chi connectivity index (χ3n) is 4.08. The molecule has 1 aromatic carbocycles. The maximum Gasteiger partial charge on any atom is 0.205 e. The number of hydrogen-bond acceptors (Lipinski definition) is 4. The van der Waals surface area contributed by atoms with E-state index < -0.39 is 5.92 Å². The first-order valence-corrected chi connectivity index (χ1v) is 7.49. The highest BCUT2D eigenvalue weighted by Crippen LogP contribution is 2.45. The summed E-state index contributed by atoms with van der Waals surface area (Å²) in [6, 6.07) is 9.28. The molecule has 3 rings (SSSR count). The lowest BCUT2D eigenvalue weighted by Gasteiger charge is -2.33. The molecule has 0 fully saturated rings. The highest BCUT2D eigenvalue weighted by Gasteiger charge is 2.40. The fraction of sp³-hybridized carbons (Fsp3) is 0.294. The first kappa shape index (κ1) is 14.7. The molecule has 0 unspecified atom stereocenters. The minimum Gasteiger partial charge on any atom is -0.444 e. The van der Waals surface area contributed by atoms with Crippen molar-refractivity contribution in [3.63, 3.8) is 0 Å². The molecule has 0 amide bonds. The van der Waals surface area contributed by atoms with Crippen molar-refractivity contribution in [2.75, 3.05) is 0 Å². The van der Waals surface area contributed by atoms with Crippen molar-refractivity contribution in [3.05, 3.63) is 57.6 Å². The molecule has 1 aliphatic carbocycles. The standard InChI is InChI=1S/C17H15ClN2O2/c1-9-6-13(21)16-14(7-9)22-17(20)11(8-19)15(16)10-4-2-3-5-12(10)18/h2-5,9,15H,6-7,20H2,1H3/t9-,15-/m0/s1. The number of nitrogens with zero attached hydrogens (tertiary/aromatic N) is 1. The average Bonchev–Trinajstić information content (AvgIpc) is 2.46. The summed E-state index contributed by atoms with van der Waals surface area (Å²) in [5.74, 6) is 0.300. The summed E-state index contributed by atoms with van der Waals surface area (Å²) >= 11 is 6.29. The Morgan fingerprint density at radius 2 is 2.09 bits per heavy atom. The Hall–Kier alpha value is -2.25. The third kappa shape index (κ3) is 2.28. The lowest BCUT2D eigenvalue weighted by molar-refractivity contribution is -0.117. The lowest BCUT2D eigenvalue weighted by Crippen LogP contribution is -2.29. The van der Waals surface area contributed by atoms with Gasteiger partial charge in [-0.25, -0.2) is 0 Å². The van der Waals surface area contributed by atoms with E-state index in [9.17, 15) is 10.1 Å². The van der Waals surface area contributed by atoms with Gasteiger partial charge in [-0.3, -0.25) is 4.79 Å². The molecule has 2 atom stereocenters. The normalized spacial score (nSPS) is 24.7. The number of nitrogens with two attached hydrogens (primary N) is 1. The zero-order chi connectivity index (χ0) is 15.9.